The van der Waals surface area contributed by atoms with E-state index in [0.717, 1.165) is 30.2 Å². The number of aliphatic carboxylic acids is 1. The van der Waals surface area contributed by atoms with Gasteiger partial charge in [-0.15, -0.1) is 0 Å². The Kier molecular flexibility index (Phi) is 6.64. The molecular weight excluding hydrogens is 324 g/mol. The summed E-state index contributed by atoms with van der Waals surface area (Å²) in [5.41, 5.74) is 1.11. The zero-order chi connectivity index (χ0) is 18.4. The zero-order valence-corrected chi connectivity index (χ0v) is 15.0. The van der Waals surface area contributed by atoms with E-state index in [4.69, 9.17) is 9.47 Å². The van der Waals surface area contributed by atoms with Gasteiger partial charge in [0.2, 0.25) is 5.91 Å². The summed E-state index contributed by atoms with van der Waals surface area (Å²) in [5.74, 6) is 0.258. The molecule has 1 aliphatic heterocycles. The monoisotopic (exact) mass is 350 g/mol. The molecule has 0 radical (unpaired) electrons. The van der Waals surface area contributed by atoms with Gasteiger partial charge in [0.15, 0.2) is 0 Å². The van der Waals surface area contributed by atoms with Gasteiger partial charge >= 0.3 is 0 Å². The number of rotatable bonds is 7. The van der Waals surface area contributed by atoms with Crippen LogP contribution in [-0.2, 0) is 9.59 Å². The van der Waals surface area contributed by atoms with Gasteiger partial charge in [-0.3, -0.25) is 4.79 Å². The van der Waals surface area contributed by atoms with Crippen LogP contribution in [-0.4, -0.2) is 57.2 Å². The number of quaternary nitrogens is 1. The molecule has 1 atom stereocenters. The Morgan fingerprint density at radius 2 is 1.88 bits per heavy atom. The maximum absolute atomic E-state index is 12.0. The highest BCUT2D eigenvalue weighted by Gasteiger charge is 2.29. The number of piperazine rings is 1. The number of ether oxygens (including phenoxy) is 2. The van der Waals surface area contributed by atoms with E-state index >= 15 is 0 Å². The quantitative estimate of drug-likeness (QED) is 0.684. The minimum absolute atomic E-state index is 0.0134. The summed E-state index contributed by atoms with van der Waals surface area (Å²) >= 11 is 0. The zero-order valence-electron chi connectivity index (χ0n) is 15.0. The molecule has 0 saturated carbocycles. The van der Waals surface area contributed by atoms with Gasteiger partial charge in [0.05, 0.1) is 46.0 Å². The number of benzene rings is 1. The lowest BCUT2D eigenvalue weighted by molar-refractivity contribution is -0.933. The molecule has 0 spiro atoms. The van der Waals surface area contributed by atoms with Gasteiger partial charge in [-0.1, -0.05) is 0 Å². The Morgan fingerprint density at radius 3 is 2.44 bits per heavy atom. The van der Waals surface area contributed by atoms with Crippen LogP contribution in [0.25, 0.3) is 0 Å². The average Bonchev–Trinajstić information content (AvgIpc) is 2.65. The largest absolute Gasteiger partial charge is 0.550 e. The number of carboxylic acid groups (broad SMARTS) is 1. The smallest absolute Gasteiger partial charge is 0.223 e. The van der Waals surface area contributed by atoms with Crippen molar-refractivity contribution in [2.24, 2.45) is 0 Å². The summed E-state index contributed by atoms with van der Waals surface area (Å²) < 4.78 is 10.7. The highest BCUT2D eigenvalue weighted by molar-refractivity contribution is 5.80. The van der Waals surface area contributed by atoms with Gasteiger partial charge < -0.3 is 29.2 Å². The maximum Gasteiger partial charge on any atom is 0.223 e. The third kappa shape index (κ3) is 4.85. The number of carboxylic acids is 1. The topological polar surface area (TPSA) is 83.3 Å². The van der Waals surface area contributed by atoms with Crippen molar-refractivity contribution in [3.8, 4) is 11.5 Å². The fourth-order valence-electron chi connectivity index (χ4n) is 3.24. The second-order valence-corrected chi connectivity index (χ2v) is 6.24. The summed E-state index contributed by atoms with van der Waals surface area (Å²) in [5, 5.41) is 10.5. The molecule has 1 fully saturated rings. The van der Waals surface area contributed by atoms with Crippen LogP contribution in [0.3, 0.4) is 0 Å². The standard InChI is InChI=1S/C18H26N2O5/c1-13(15-5-4-14(24-2)12-16(15)25-3)19-8-10-20(11-9-19)17(21)6-7-18(22)23/h4-5,12-13H,6-11H2,1-3H3,(H,22,23)/t13-/m0/s1. The molecule has 1 aromatic rings. The summed E-state index contributed by atoms with van der Waals surface area (Å²) in [6.07, 6.45) is -0.203. The van der Waals surface area contributed by atoms with Crippen molar-refractivity contribution in [3.63, 3.8) is 0 Å². The van der Waals surface area contributed by atoms with Gasteiger partial charge in [0.25, 0.3) is 0 Å². The van der Waals surface area contributed by atoms with E-state index in [0.29, 0.717) is 13.1 Å². The first-order chi connectivity index (χ1) is 12.0. The Balaban J connectivity index is 1.96. The molecule has 0 aromatic heterocycles. The second kappa shape index (κ2) is 8.71. The van der Waals surface area contributed by atoms with E-state index in [-0.39, 0.29) is 24.8 Å². The van der Waals surface area contributed by atoms with Gasteiger partial charge in [-0.2, -0.15) is 0 Å². The maximum atomic E-state index is 12.0. The molecule has 0 bridgehead atoms. The molecular formula is C18H26N2O5. The molecule has 1 aromatic carbocycles. The number of carbonyl (C=O) groups excluding carboxylic acids is 2. The molecule has 7 nitrogen and oxygen atoms in total. The summed E-state index contributed by atoms with van der Waals surface area (Å²) in [7, 11) is 3.27. The Hall–Kier alpha value is -2.28. The van der Waals surface area contributed by atoms with Crippen molar-refractivity contribution in [1.29, 1.82) is 0 Å². The SMILES string of the molecule is COc1ccc([C@H](C)[NH+]2CCN(C(=O)CCC(=O)[O-])CC2)c(OC)c1. The predicted octanol–water partition coefficient (Wildman–Crippen LogP) is -0.978. The predicted molar refractivity (Wildman–Crippen MR) is 89.5 cm³/mol. The van der Waals surface area contributed by atoms with Crippen molar-refractivity contribution >= 4 is 11.9 Å². The molecule has 0 aliphatic carbocycles. The minimum atomic E-state index is -1.18. The van der Waals surface area contributed by atoms with Gasteiger partial charge in [0, 0.05) is 18.5 Å². The van der Waals surface area contributed by atoms with Crippen molar-refractivity contribution in [2.75, 3.05) is 40.4 Å². The van der Waals surface area contributed by atoms with Crippen molar-refractivity contribution in [3.05, 3.63) is 23.8 Å². The molecule has 2 rings (SSSR count). The van der Waals surface area contributed by atoms with Crippen LogP contribution in [0.4, 0.5) is 0 Å². The molecule has 1 amide bonds. The first-order valence-electron chi connectivity index (χ1n) is 8.50. The normalized spacial score (nSPS) is 16.4. The first-order valence-corrected chi connectivity index (χ1v) is 8.50. The lowest BCUT2D eigenvalue weighted by Gasteiger charge is -2.36. The van der Waals surface area contributed by atoms with Crippen LogP contribution in [0.1, 0.15) is 31.4 Å². The summed E-state index contributed by atoms with van der Waals surface area (Å²) in [4.78, 5) is 25.6. The Labute approximate surface area is 148 Å². The fourth-order valence-corrected chi connectivity index (χ4v) is 3.24. The van der Waals surface area contributed by atoms with Crippen LogP contribution in [0.5, 0.6) is 11.5 Å². The van der Waals surface area contributed by atoms with Crippen molar-refractivity contribution < 1.29 is 29.1 Å². The highest BCUT2D eigenvalue weighted by Crippen LogP contribution is 2.28. The van der Waals surface area contributed by atoms with Crippen molar-refractivity contribution in [1.82, 2.24) is 4.90 Å². The molecule has 1 saturated heterocycles. The lowest BCUT2D eigenvalue weighted by atomic mass is 10.0. The molecule has 1 N–H and O–H groups in total. The van der Waals surface area contributed by atoms with Crippen LogP contribution >= 0.6 is 0 Å². The number of hydrogen-bond acceptors (Lipinski definition) is 5. The lowest BCUT2D eigenvalue weighted by Crippen LogP contribution is -3.14. The van der Waals surface area contributed by atoms with Gasteiger partial charge in [0.1, 0.15) is 17.5 Å². The number of nitrogens with one attached hydrogen (secondary N) is 1. The van der Waals surface area contributed by atoms with Gasteiger partial charge in [-0.05, 0) is 25.5 Å². The van der Waals surface area contributed by atoms with E-state index in [1.165, 1.54) is 4.90 Å². The van der Waals surface area contributed by atoms with Gasteiger partial charge in [-0.25, -0.2) is 0 Å². The number of carbonyl (C=O) groups is 2. The molecule has 25 heavy (non-hydrogen) atoms. The summed E-state index contributed by atoms with van der Waals surface area (Å²) in [6, 6.07) is 6.05. The third-order valence-corrected chi connectivity index (χ3v) is 4.82. The van der Waals surface area contributed by atoms with Crippen molar-refractivity contribution in [2.45, 2.75) is 25.8 Å². The van der Waals surface area contributed by atoms with E-state index < -0.39 is 5.97 Å². The van der Waals surface area contributed by atoms with E-state index in [1.807, 2.05) is 18.2 Å². The van der Waals surface area contributed by atoms with Crippen LogP contribution < -0.4 is 19.5 Å². The highest BCUT2D eigenvalue weighted by atomic mass is 16.5. The fraction of sp³-hybridized carbons (Fsp3) is 0.556. The Morgan fingerprint density at radius 1 is 1.20 bits per heavy atom. The minimum Gasteiger partial charge on any atom is -0.550 e. The first kappa shape index (κ1) is 19.1. The molecule has 1 aliphatic rings. The number of methoxy groups -OCH3 is 2. The second-order valence-electron chi connectivity index (χ2n) is 6.24. The van der Waals surface area contributed by atoms with Crippen LogP contribution in [0, 0.1) is 0 Å². The van der Waals surface area contributed by atoms with E-state index in [2.05, 4.69) is 6.92 Å². The Bertz CT molecular complexity index is 611. The summed E-state index contributed by atoms with van der Waals surface area (Å²) in [6.45, 7) is 5.03. The van der Waals surface area contributed by atoms with Crippen LogP contribution in [0.2, 0.25) is 0 Å². The van der Waals surface area contributed by atoms with E-state index in [1.54, 1.807) is 19.1 Å². The van der Waals surface area contributed by atoms with E-state index in [9.17, 15) is 14.7 Å². The molecule has 7 heteroatoms. The molecule has 138 valence electrons. The molecule has 1 heterocycles. The number of nitrogens with zero attached hydrogens (tertiary/aromatic N) is 1. The third-order valence-electron chi connectivity index (χ3n) is 4.82. The number of hydrogen-bond donors (Lipinski definition) is 1. The van der Waals surface area contributed by atoms with Crippen LogP contribution in [0.15, 0.2) is 18.2 Å². The average molecular weight is 350 g/mol. The number of amides is 1. The molecule has 0 unspecified atom stereocenters.